The number of hydrogen-bond donors (Lipinski definition) is 1. The zero-order valence-corrected chi connectivity index (χ0v) is 12.9. The molecule has 0 N–H and O–H groups in total. The largest absolute Gasteiger partial charge is 0.489 e. The quantitative estimate of drug-likeness (QED) is 0.641. The molecule has 3 aromatic carbocycles. The van der Waals surface area contributed by atoms with Crippen molar-refractivity contribution < 1.29 is 9.47 Å². The van der Waals surface area contributed by atoms with Crippen LogP contribution in [0.5, 0.6) is 17.2 Å². The van der Waals surface area contributed by atoms with E-state index in [0.717, 1.165) is 27.7 Å². The van der Waals surface area contributed by atoms with Crippen molar-refractivity contribution in [3.05, 3.63) is 84.4 Å². The molecule has 0 fully saturated rings. The highest BCUT2D eigenvalue weighted by atomic mass is 32.1. The fourth-order valence-electron chi connectivity index (χ4n) is 2.02. The third-order valence-corrected chi connectivity index (χ3v) is 3.42. The van der Waals surface area contributed by atoms with Crippen molar-refractivity contribution in [2.45, 2.75) is 11.5 Å². The van der Waals surface area contributed by atoms with E-state index in [4.69, 9.17) is 9.47 Å². The Morgan fingerprint density at radius 1 is 0.682 bits per heavy atom. The van der Waals surface area contributed by atoms with Gasteiger partial charge in [0.1, 0.15) is 23.9 Å². The van der Waals surface area contributed by atoms with Gasteiger partial charge in [0.15, 0.2) is 0 Å². The average molecular weight is 308 g/mol. The zero-order valence-electron chi connectivity index (χ0n) is 12.0. The molecule has 0 heterocycles. The molecule has 0 aromatic heterocycles. The van der Waals surface area contributed by atoms with Crippen molar-refractivity contribution in [3.63, 3.8) is 0 Å². The summed E-state index contributed by atoms with van der Waals surface area (Å²) < 4.78 is 11.6. The fourth-order valence-corrected chi connectivity index (χ4v) is 2.17. The summed E-state index contributed by atoms with van der Waals surface area (Å²) in [5, 5.41) is 0. The molecular weight excluding hydrogens is 292 g/mol. The first-order chi connectivity index (χ1) is 10.8. The summed E-state index contributed by atoms with van der Waals surface area (Å²) in [6.07, 6.45) is 0. The summed E-state index contributed by atoms with van der Waals surface area (Å²) in [6.45, 7) is 0.540. The maximum absolute atomic E-state index is 5.81. The molecule has 2 nitrogen and oxygen atoms in total. The van der Waals surface area contributed by atoms with Crippen LogP contribution < -0.4 is 9.47 Å². The second kappa shape index (κ2) is 7.05. The average Bonchev–Trinajstić information content (AvgIpc) is 2.57. The van der Waals surface area contributed by atoms with Crippen LogP contribution in [0.2, 0.25) is 0 Å². The number of benzene rings is 3. The molecule has 0 saturated heterocycles. The lowest BCUT2D eigenvalue weighted by Gasteiger charge is -2.09. The van der Waals surface area contributed by atoms with Crippen LogP contribution in [-0.4, -0.2) is 0 Å². The summed E-state index contributed by atoms with van der Waals surface area (Å²) in [5.41, 5.74) is 1.14. The van der Waals surface area contributed by atoms with E-state index in [1.54, 1.807) is 0 Å². The fraction of sp³-hybridized carbons (Fsp3) is 0.0526. The molecule has 110 valence electrons. The van der Waals surface area contributed by atoms with Gasteiger partial charge in [0.2, 0.25) is 0 Å². The maximum Gasteiger partial charge on any atom is 0.131 e. The normalized spacial score (nSPS) is 10.2. The summed E-state index contributed by atoms with van der Waals surface area (Å²) in [4.78, 5) is 0.910. The van der Waals surface area contributed by atoms with E-state index in [2.05, 4.69) is 12.6 Å². The molecule has 0 aliphatic heterocycles. The highest BCUT2D eigenvalue weighted by molar-refractivity contribution is 7.80. The van der Waals surface area contributed by atoms with Crippen LogP contribution in [0.3, 0.4) is 0 Å². The van der Waals surface area contributed by atoms with E-state index in [0.29, 0.717) is 6.61 Å². The van der Waals surface area contributed by atoms with Crippen molar-refractivity contribution in [2.75, 3.05) is 0 Å². The Morgan fingerprint density at radius 3 is 2.18 bits per heavy atom. The van der Waals surface area contributed by atoms with Crippen molar-refractivity contribution in [2.24, 2.45) is 0 Å². The van der Waals surface area contributed by atoms with Gasteiger partial charge in [-0.1, -0.05) is 36.4 Å². The van der Waals surface area contributed by atoms with Crippen LogP contribution in [0, 0.1) is 0 Å². The number of rotatable bonds is 5. The molecule has 0 radical (unpaired) electrons. The molecule has 0 atom stereocenters. The lowest BCUT2D eigenvalue weighted by molar-refractivity contribution is 0.304. The van der Waals surface area contributed by atoms with E-state index < -0.39 is 0 Å². The summed E-state index contributed by atoms with van der Waals surface area (Å²) in [6, 6.07) is 25.3. The molecule has 0 spiro atoms. The lowest BCUT2D eigenvalue weighted by atomic mass is 10.2. The Bertz CT molecular complexity index is 724. The third kappa shape index (κ3) is 4.06. The monoisotopic (exact) mass is 308 g/mol. The van der Waals surface area contributed by atoms with Crippen molar-refractivity contribution >= 4 is 12.6 Å². The van der Waals surface area contributed by atoms with Gasteiger partial charge < -0.3 is 9.47 Å². The van der Waals surface area contributed by atoms with Gasteiger partial charge in [-0.15, -0.1) is 12.6 Å². The van der Waals surface area contributed by atoms with Crippen LogP contribution in [0.4, 0.5) is 0 Å². The molecule has 0 saturated carbocycles. The maximum atomic E-state index is 5.81. The Morgan fingerprint density at radius 2 is 1.41 bits per heavy atom. The van der Waals surface area contributed by atoms with Crippen molar-refractivity contribution in [1.29, 1.82) is 0 Å². The summed E-state index contributed by atoms with van der Waals surface area (Å²) >= 11 is 4.26. The predicted octanol–water partition coefficient (Wildman–Crippen LogP) is 5.35. The molecule has 0 aliphatic rings. The number of ether oxygens (including phenoxy) is 2. The first kappa shape index (κ1) is 14.5. The van der Waals surface area contributed by atoms with Gasteiger partial charge in [-0.25, -0.2) is 0 Å². The minimum atomic E-state index is 0.540. The van der Waals surface area contributed by atoms with Gasteiger partial charge in [0, 0.05) is 11.0 Å². The van der Waals surface area contributed by atoms with Gasteiger partial charge in [-0.2, -0.15) is 0 Å². The predicted molar refractivity (Wildman–Crippen MR) is 91.0 cm³/mol. The molecule has 22 heavy (non-hydrogen) atoms. The number of thiol groups is 1. The molecule has 3 aromatic rings. The van der Waals surface area contributed by atoms with Gasteiger partial charge in [0.05, 0.1) is 0 Å². The minimum Gasteiger partial charge on any atom is -0.489 e. The summed E-state index contributed by atoms with van der Waals surface area (Å²) in [7, 11) is 0. The van der Waals surface area contributed by atoms with E-state index in [9.17, 15) is 0 Å². The Kier molecular flexibility index (Phi) is 4.66. The molecule has 0 amide bonds. The highest BCUT2D eigenvalue weighted by Gasteiger charge is 2.01. The molecular formula is C19H16O2S. The smallest absolute Gasteiger partial charge is 0.131 e. The molecule has 0 bridgehead atoms. The molecule has 3 rings (SSSR count). The van der Waals surface area contributed by atoms with Crippen molar-refractivity contribution in [1.82, 2.24) is 0 Å². The van der Waals surface area contributed by atoms with E-state index in [-0.39, 0.29) is 0 Å². The molecule has 0 unspecified atom stereocenters. The standard InChI is InChI=1S/C19H16O2S/c22-19-11-9-16(10-12-19)21-18-8-4-7-17(13-18)20-14-15-5-2-1-3-6-15/h1-13,22H,14H2. The first-order valence-electron chi connectivity index (χ1n) is 7.03. The molecule has 0 aliphatic carbocycles. The van der Waals surface area contributed by atoms with E-state index in [1.165, 1.54) is 0 Å². The molecule has 3 heteroatoms. The SMILES string of the molecule is Sc1ccc(Oc2cccc(OCc3ccccc3)c2)cc1. The van der Waals surface area contributed by atoms with Crippen LogP contribution in [0.1, 0.15) is 5.56 Å². The zero-order chi connectivity index (χ0) is 15.2. The number of hydrogen-bond acceptors (Lipinski definition) is 3. The van der Waals surface area contributed by atoms with Gasteiger partial charge >= 0.3 is 0 Å². The minimum absolute atomic E-state index is 0.540. The summed E-state index contributed by atoms with van der Waals surface area (Å²) in [5.74, 6) is 2.31. The Labute approximate surface area is 135 Å². The first-order valence-corrected chi connectivity index (χ1v) is 7.48. The highest BCUT2D eigenvalue weighted by Crippen LogP contribution is 2.26. The van der Waals surface area contributed by atoms with Gasteiger partial charge in [-0.05, 0) is 42.0 Å². The van der Waals surface area contributed by atoms with Crippen LogP contribution in [-0.2, 0) is 6.61 Å². The van der Waals surface area contributed by atoms with Crippen LogP contribution in [0.15, 0.2) is 83.8 Å². The second-order valence-corrected chi connectivity index (χ2v) is 5.36. The van der Waals surface area contributed by atoms with Crippen molar-refractivity contribution in [3.8, 4) is 17.2 Å². The Balaban J connectivity index is 1.66. The van der Waals surface area contributed by atoms with E-state index in [1.807, 2.05) is 78.9 Å². The Hall–Kier alpha value is -2.39. The topological polar surface area (TPSA) is 18.5 Å². The lowest BCUT2D eigenvalue weighted by Crippen LogP contribution is -1.95. The van der Waals surface area contributed by atoms with E-state index >= 15 is 0 Å². The third-order valence-electron chi connectivity index (χ3n) is 3.13. The van der Waals surface area contributed by atoms with Crippen LogP contribution >= 0.6 is 12.6 Å². The van der Waals surface area contributed by atoms with Gasteiger partial charge in [-0.3, -0.25) is 0 Å². The van der Waals surface area contributed by atoms with Crippen LogP contribution in [0.25, 0.3) is 0 Å². The van der Waals surface area contributed by atoms with Gasteiger partial charge in [0.25, 0.3) is 0 Å². The second-order valence-electron chi connectivity index (χ2n) is 4.85.